The number of amides is 2. The second-order valence-electron chi connectivity index (χ2n) is 32.6. The average Bonchev–Trinajstić information content (AvgIpc) is 1.77. The Hall–Kier alpha value is -9.78. The van der Waals surface area contributed by atoms with Crippen molar-refractivity contribution in [3.8, 4) is 34.5 Å². The molecule has 2 N–H and O–H groups in total. The van der Waals surface area contributed by atoms with E-state index in [9.17, 15) is 9.59 Å². The summed E-state index contributed by atoms with van der Waals surface area (Å²) in [6.07, 6.45) is 10.2. The fourth-order valence-corrected chi connectivity index (χ4v) is 16.0. The lowest BCUT2D eigenvalue weighted by molar-refractivity contribution is 0.0240. The highest BCUT2D eigenvalue weighted by Gasteiger charge is 2.32. The topological polar surface area (TPSA) is 250 Å². The van der Waals surface area contributed by atoms with Crippen LogP contribution >= 0.6 is 0 Å². The van der Waals surface area contributed by atoms with Crippen LogP contribution in [0.2, 0.25) is 0 Å². The van der Waals surface area contributed by atoms with Crippen LogP contribution in [0, 0.1) is 0 Å². The van der Waals surface area contributed by atoms with Crippen molar-refractivity contribution in [2.75, 3.05) is 262 Å². The Labute approximate surface area is 691 Å². The molecule has 15 rings (SSSR count). The Morgan fingerprint density at radius 1 is 0.427 bits per heavy atom. The standard InChI is InChI=1S/C30H41N7O3.C29H44N6O5.C29H40N6O2/c1-34(2)30-32-25-20-27(40-18-6-13-35-11-4-5-12-35)26(39-3)19-24(25)28(33-30)36-14-16-37(17-15-36)29(38)23-9-7-22(21-31)8-10-23;1-29(2,3)40-28(36)35-13-11-33(12-14-35)26-22-20-24(37-4)25(39-17-7-8-32-15-18-38-19-16-32)21-23(22)30-27(31-26)34-9-5-6-10-34;1-32(2)29-30-25-21-27(37-19-9-14-33-12-7-8-13-33)26(36-3)20-24(25)28(31-29)35-17-15-34(16-18-35)22-23-10-5-4-6-11-23/h7-10,19-20H,4-6,11-18,21,31H2,1-3H3;20-21H,5-19H2,1-4H3;4-6,10-11,20-21H,7-9,12-19,22H2,1-3H3. The minimum absolute atomic E-state index is 0.0398. The third kappa shape index (κ3) is 22.7. The molecular formula is C88H125N19O10. The molecule has 7 aliphatic rings. The van der Waals surface area contributed by atoms with E-state index in [4.69, 9.17) is 73.5 Å². The molecule has 7 saturated heterocycles. The number of carbonyl (C=O) groups is 2. The highest BCUT2D eigenvalue weighted by Crippen LogP contribution is 2.41. The highest BCUT2D eigenvalue weighted by atomic mass is 16.6. The van der Waals surface area contributed by atoms with Gasteiger partial charge in [0, 0.05) is 206 Å². The minimum atomic E-state index is -0.513. The van der Waals surface area contributed by atoms with Crippen LogP contribution in [0.25, 0.3) is 32.7 Å². The van der Waals surface area contributed by atoms with E-state index in [-0.39, 0.29) is 12.0 Å². The first-order valence-corrected chi connectivity index (χ1v) is 42.4. The normalized spacial score (nSPS) is 17.3. The first-order chi connectivity index (χ1) is 56.9. The molecular weight excluding hydrogens is 1480 g/mol. The molecule has 0 spiro atoms. The number of hydrogen-bond donors (Lipinski definition) is 1. The summed E-state index contributed by atoms with van der Waals surface area (Å²) in [7, 11) is 12.9. The smallest absolute Gasteiger partial charge is 0.410 e. The van der Waals surface area contributed by atoms with Gasteiger partial charge >= 0.3 is 6.09 Å². The van der Waals surface area contributed by atoms with Crippen LogP contribution in [0.3, 0.4) is 0 Å². The van der Waals surface area contributed by atoms with E-state index in [0.29, 0.717) is 119 Å². The van der Waals surface area contributed by atoms with Crippen LogP contribution in [0.5, 0.6) is 34.5 Å². The van der Waals surface area contributed by atoms with Gasteiger partial charge in [-0.25, -0.2) is 19.7 Å². The van der Waals surface area contributed by atoms with Crippen LogP contribution in [0.15, 0.2) is 91.0 Å². The fraction of sp³-hybridized carbons (Fsp3) is 0.568. The van der Waals surface area contributed by atoms with Gasteiger partial charge < -0.3 is 92.6 Å². The highest BCUT2D eigenvalue weighted by molar-refractivity contribution is 5.97. The summed E-state index contributed by atoms with van der Waals surface area (Å²) in [5.41, 5.74) is 10.8. The molecule has 7 fully saturated rings. The summed E-state index contributed by atoms with van der Waals surface area (Å²) in [6, 6.07) is 30.2. The Bertz CT molecular complexity index is 4510. The predicted octanol–water partition coefficient (Wildman–Crippen LogP) is 10.3. The molecule has 8 aromatic rings. The van der Waals surface area contributed by atoms with Crippen LogP contribution < -0.4 is 63.6 Å². The number of likely N-dealkylation sites (tertiary alicyclic amines) is 2. The summed E-state index contributed by atoms with van der Waals surface area (Å²) >= 11 is 0. The minimum Gasteiger partial charge on any atom is -0.493 e. The molecule has 0 unspecified atom stereocenters. The number of hydrogen-bond acceptors (Lipinski definition) is 27. The fourth-order valence-electron chi connectivity index (χ4n) is 16.0. The number of anilines is 6. The summed E-state index contributed by atoms with van der Waals surface area (Å²) in [6.45, 7) is 31.3. The number of carbonyl (C=O) groups excluding carboxylic acids is 2. The predicted molar refractivity (Wildman–Crippen MR) is 464 cm³/mol. The van der Waals surface area contributed by atoms with Crippen LogP contribution in [-0.2, 0) is 22.6 Å². The average molecular weight is 1610 g/mol. The van der Waals surface area contributed by atoms with E-state index < -0.39 is 5.60 Å². The molecule has 0 saturated carbocycles. The number of morpholine rings is 1. The number of benzene rings is 5. The monoisotopic (exact) mass is 1610 g/mol. The second kappa shape index (κ2) is 41.1. The van der Waals surface area contributed by atoms with Gasteiger partial charge in [0.2, 0.25) is 17.8 Å². The summed E-state index contributed by atoms with van der Waals surface area (Å²) in [5, 5.41) is 2.83. The van der Waals surface area contributed by atoms with E-state index in [1.807, 2.05) is 118 Å². The first kappa shape index (κ1) is 85.1. The molecule has 3 aromatic heterocycles. The number of aromatic nitrogens is 6. The summed E-state index contributed by atoms with van der Waals surface area (Å²) < 4.78 is 46.9. The molecule has 29 heteroatoms. The van der Waals surface area contributed by atoms with E-state index in [1.54, 1.807) is 26.2 Å². The Morgan fingerprint density at radius 3 is 1.26 bits per heavy atom. The molecule has 29 nitrogen and oxygen atoms in total. The van der Waals surface area contributed by atoms with Crippen molar-refractivity contribution in [1.29, 1.82) is 0 Å². The quantitative estimate of drug-likeness (QED) is 0.0448. The number of ether oxygens (including phenoxy) is 8. The van der Waals surface area contributed by atoms with Crippen LogP contribution in [-0.4, -0.2) is 310 Å². The molecule has 0 aliphatic carbocycles. The second-order valence-corrected chi connectivity index (χ2v) is 32.6. The number of methoxy groups -OCH3 is 3. The van der Waals surface area contributed by atoms with Gasteiger partial charge in [0.25, 0.3) is 5.91 Å². The molecule has 117 heavy (non-hydrogen) atoms. The number of nitrogens with zero attached hydrogens (tertiary/aromatic N) is 18. The largest absolute Gasteiger partial charge is 0.493 e. The van der Waals surface area contributed by atoms with E-state index >= 15 is 0 Å². The Morgan fingerprint density at radius 2 is 0.838 bits per heavy atom. The van der Waals surface area contributed by atoms with Gasteiger partial charge in [-0.15, -0.1) is 0 Å². The molecule has 10 heterocycles. The summed E-state index contributed by atoms with van der Waals surface area (Å²) in [4.78, 5) is 82.0. The lowest BCUT2D eigenvalue weighted by atomic mass is 10.1. The van der Waals surface area contributed by atoms with Gasteiger partial charge in [-0.2, -0.15) is 15.0 Å². The van der Waals surface area contributed by atoms with Crippen molar-refractivity contribution < 1.29 is 47.5 Å². The van der Waals surface area contributed by atoms with Gasteiger partial charge in [0.15, 0.2) is 34.5 Å². The van der Waals surface area contributed by atoms with Crippen LogP contribution in [0.4, 0.5) is 40.1 Å². The zero-order valence-electron chi connectivity index (χ0n) is 70.9. The van der Waals surface area contributed by atoms with Gasteiger partial charge in [0.05, 0.1) is 70.9 Å². The van der Waals surface area contributed by atoms with Gasteiger partial charge in [-0.3, -0.25) is 14.6 Å². The Kier molecular flexibility index (Phi) is 29.9. The number of nitrogens with two attached hydrogens (primary N) is 1. The molecule has 2 amide bonds. The van der Waals surface area contributed by atoms with E-state index in [0.717, 1.165) is 197 Å². The number of piperazine rings is 3. The van der Waals surface area contributed by atoms with Crippen molar-refractivity contribution in [1.82, 2.24) is 59.3 Å². The molecule has 0 radical (unpaired) electrons. The molecule has 5 aromatic carbocycles. The lowest BCUT2D eigenvalue weighted by Crippen LogP contribution is -2.50. The van der Waals surface area contributed by atoms with Crippen molar-refractivity contribution in [3.05, 3.63) is 108 Å². The van der Waals surface area contributed by atoms with Crippen LogP contribution in [0.1, 0.15) is 100 Å². The zero-order valence-corrected chi connectivity index (χ0v) is 70.9. The Balaban J connectivity index is 0.000000153. The van der Waals surface area contributed by atoms with Gasteiger partial charge in [0.1, 0.15) is 23.1 Å². The van der Waals surface area contributed by atoms with Crippen molar-refractivity contribution in [2.45, 2.75) is 97.2 Å². The molecule has 7 aliphatic heterocycles. The lowest BCUT2D eigenvalue weighted by Gasteiger charge is -2.36. The first-order valence-electron chi connectivity index (χ1n) is 42.4. The molecule has 0 atom stereocenters. The summed E-state index contributed by atoms with van der Waals surface area (Å²) in [5.74, 6) is 9.02. The van der Waals surface area contributed by atoms with Gasteiger partial charge in [-0.05, 0) is 146 Å². The van der Waals surface area contributed by atoms with Crippen molar-refractivity contribution >= 4 is 80.0 Å². The maximum absolute atomic E-state index is 13.1. The molecule has 0 bridgehead atoms. The van der Waals surface area contributed by atoms with E-state index in [2.05, 4.69) is 75.6 Å². The van der Waals surface area contributed by atoms with Gasteiger partial charge in [-0.1, -0.05) is 42.5 Å². The number of fused-ring (bicyclic) bond motifs is 3. The van der Waals surface area contributed by atoms with Crippen molar-refractivity contribution in [2.24, 2.45) is 5.73 Å². The maximum Gasteiger partial charge on any atom is 0.410 e. The van der Waals surface area contributed by atoms with E-state index in [1.165, 1.54) is 57.4 Å². The zero-order chi connectivity index (χ0) is 81.8. The maximum atomic E-state index is 13.1. The number of rotatable bonds is 28. The van der Waals surface area contributed by atoms with Crippen molar-refractivity contribution in [3.63, 3.8) is 0 Å². The third-order valence-corrected chi connectivity index (χ3v) is 22.6. The third-order valence-electron chi connectivity index (χ3n) is 22.6. The SMILES string of the molecule is COc1cc2c(N3CCN(C(=O)OC(C)(C)C)CC3)nc(N3CCCC3)nc2cc1OCCCN1CCOCC1.COc1cc2c(N3CCN(C(=O)c4ccc(CN)cc4)CC3)nc(N(C)C)nc2cc1OCCCN1CCCC1.COc1cc2c(N3CCN(Cc4ccccc4)CC3)nc(N(C)C)nc2cc1OCCCN1CCCC1. The molecule has 632 valence electrons.